The molecule has 2 aromatic rings. The molecule has 0 atom stereocenters. The van der Waals surface area contributed by atoms with Gasteiger partial charge in [0.25, 0.3) is 5.91 Å². The lowest BCUT2D eigenvalue weighted by Gasteiger charge is -2.39. The van der Waals surface area contributed by atoms with Crippen LogP contribution in [0.25, 0.3) is 0 Å². The van der Waals surface area contributed by atoms with Gasteiger partial charge < -0.3 is 10.0 Å². The van der Waals surface area contributed by atoms with Gasteiger partial charge in [-0.05, 0) is 25.1 Å². The number of amides is 1. The number of rotatable bonds is 3. The summed E-state index contributed by atoms with van der Waals surface area (Å²) >= 11 is 0. The van der Waals surface area contributed by atoms with Crippen molar-refractivity contribution in [2.45, 2.75) is 51.5 Å². The van der Waals surface area contributed by atoms with Gasteiger partial charge in [-0.15, -0.1) is 0 Å². The number of piperidine rings is 1. The molecule has 0 radical (unpaired) electrons. The van der Waals surface area contributed by atoms with Gasteiger partial charge in [-0.1, -0.05) is 20.8 Å². The zero-order chi connectivity index (χ0) is 19.8. The first-order chi connectivity index (χ1) is 12.6. The highest BCUT2D eigenvalue weighted by atomic mass is 16.4. The summed E-state index contributed by atoms with van der Waals surface area (Å²) in [7, 11) is 0. The Morgan fingerprint density at radius 1 is 1.15 bits per heavy atom. The Kier molecular flexibility index (Phi) is 4.80. The number of carboxylic acid groups (broad SMARTS) is 1. The molecular weight excluding hydrogens is 344 g/mol. The van der Waals surface area contributed by atoms with E-state index in [2.05, 4.69) is 10.1 Å². The van der Waals surface area contributed by atoms with Gasteiger partial charge in [0.1, 0.15) is 0 Å². The maximum Gasteiger partial charge on any atom is 0.331 e. The van der Waals surface area contributed by atoms with Gasteiger partial charge in [-0.25, -0.2) is 4.79 Å². The van der Waals surface area contributed by atoms with E-state index >= 15 is 0 Å². The quantitative estimate of drug-likeness (QED) is 0.897. The lowest BCUT2D eigenvalue weighted by Crippen LogP contribution is -2.52. The van der Waals surface area contributed by atoms with Crippen LogP contribution in [0, 0.1) is 6.92 Å². The largest absolute Gasteiger partial charge is 0.479 e. The first-order valence-corrected chi connectivity index (χ1v) is 9.15. The van der Waals surface area contributed by atoms with Crippen LogP contribution in [-0.4, -0.2) is 49.7 Å². The van der Waals surface area contributed by atoms with E-state index in [9.17, 15) is 14.7 Å². The summed E-state index contributed by atoms with van der Waals surface area (Å²) in [5.41, 5.74) is 0.958. The predicted octanol–water partition coefficient (Wildman–Crippen LogP) is 2.60. The van der Waals surface area contributed by atoms with Gasteiger partial charge in [-0.2, -0.15) is 5.10 Å². The van der Waals surface area contributed by atoms with Crippen LogP contribution in [0.15, 0.2) is 30.6 Å². The Labute approximate surface area is 159 Å². The van der Waals surface area contributed by atoms with Crippen LogP contribution in [0.5, 0.6) is 0 Å². The van der Waals surface area contributed by atoms with Gasteiger partial charge in [-0.3, -0.25) is 14.5 Å². The molecule has 1 saturated heterocycles. The fourth-order valence-electron chi connectivity index (χ4n) is 3.36. The van der Waals surface area contributed by atoms with Crippen LogP contribution in [0.1, 0.15) is 55.4 Å². The third kappa shape index (κ3) is 3.59. The summed E-state index contributed by atoms with van der Waals surface area (Å²) in [6.45, 7) is 8.73. The predicted molar refractivity (Wildman–Crippen MR) is 101 cm³/mol. The molecule has 0 aliphatic carbocycles. The van der Waals surface area contributed by atoms with E-state index in [-0.39, 0.29) is 11.3 Å². The van der Waals surface area contributed by atoms with Crippen molar-refractivity contribution in [2.24, 2.45) is 0 Å². The van der Waals surface area contributed by atoms with Crippen LogP contribution in [0.3, 0.4) is 0 Å². The second-order valence-corrected chi connectivity index (χ2v) is 8.21. The number of nitrogens with zero attached hydrogens (tertiary/aromatic N) is 4. The Bertz CT molecular complexity index is 841. The lowest BCUT2D eigenvalue weighted by atomic mass is 9.87. The van der Waals surface area contributed by atoms with Gasteiger partial charge in [0, 0.05) is 49.4 Å². The third-order valence-corrected chi connectivity index (χ3v) is 5.23. The van der Waals surface area contributed by atoms with Crippen molar-refractivity contribution in [3.63, 3.8) is 0 Å². The zero-order valence-electron chi connectivity index (χ0n) is 16.3. The average molecular weight is 370 g/mol. The smallest absolute Gasteiger partial charge is 0.331 e. The van der Waals surface area contributed by atoms with Crippen molar-refractivity contribution in [1.82, 2.24) is 19.7 Å². The molecule has 0 unspecified atom stereocenters. The Hall–Kier alpha value is -2.70. The molecule has 3 rings (SSSR count). The van der Waals surface area contributed by atoms with E-state index in [4.69, 9.17) is 0 Å². The first-order valence-electron chi connectivity index (χ1n) is 9.15. The summed E-state index contributed by atoms with van der Waals surface area (Å²) in [6.07, 6.45) is 3.95. The minimum Gasteiger partial charge on any atom is -0.479 e. The van der Waals surface area contributed by atoms with Crippen LogP contribution in [0.4, 0.5) is 0 Å². The van der Waals surface area contributed by atoms with E-state index in [1.54, 1.807) is 34.1 Å². The van der Waals surface area contributed by atoms with Gasteiger partial charge in [0.2, 0.25) is 0 Å². The molecule has 7 heteroatoms. The zero-order valence-corrected chi connectivity index (χ0v) is 16.3. The molecule has 0 saturated carbocycles. The molecule has 1 N–H and O–H groups in total. The molecule has 144 valence electrons. The normalized spacial score (nSPS) is 17.0. The van der Waals surface area contributed by atoms with Crippen molar-refractivity contribution < 1.29 is 14.7 Å². The van der Waals surface area contributed by atoms with Crippen LogP contribution in [-0.2, 0) is 15.7 Å². The highest BCUT2D eigenvalue weighted by Crippen LogP contribution is 2.32. The van der Waals surface area contributed by atoms with E-state index < -0.39 is 11.5 Å². The molecule has 1 amide bonds. The Morgan fingerprint density at radius 2 is 1.81 bits per heavy atom. The number of carboxylic acids is 1. The Balaban J connectivity index is 1.79. The standard InChI is InChI=1S/C20H26N4O3/c1-14-5-6-15(13-21-14)17(25)23-11-8-20(9-12-23,18(26)27)24-10-7-16(22-24)19(2,3)4/h5-7,10,13H,8-9,11-12H2,1-4H3,(H,26,27). The van der Waals surface area contributed by atoms with Crippen molar-refractivity contribution in [3.05, 3.63) is 47.5 Å². The summed E-state index contributed by atoms with van der Waals surface area (Å²) in [5, 5.41) is 14.5. The SMILES string of the molecule is Cc1ccc(C(=O)N2CCC(C(=O)O)(n3ccc(C(C)(C)C)n3)CC2)cn1. The highest BCUT2D eigenvalue weighted by molar-refractivity contribution is 5.94. The topological polar surface area (TPSA) is 88.3 Å². The number of carbonyl (C=O) groups excluding carboxylic acids is 1. The van der Waals surface area contributed by atoms with Crippen LogP contribution < -0.4 is 0 Å². The number of aromatic nitrogens is 3. The molecule has 1 aliphatic rings. The summed E-state index contributed by atoms with van der Waals surface area (Å²) in [6, 6.07) is 5.43. The summed E-state index contributed by atoms with van der Waals surface area (Å²) in [5.74, 6) is -1.02. The van der Waals surface area contributed by atoms with E-state index in [0.717, 1.165) is 11.4 Å². The summed E-state index contributed by atoms with van der Waals surface area (Å²) in [4.78, 5) is 30.7. The fourth-order valence-corrected chi connectivity index (χ4v) is 3.36. The van der Waals surface area contributed by atoms with Gasteiger partial charge in [0.15, 0.2) is 5.54 Å². The highest BCUT2D eigenvalue weighted by Gasteiger charge is 2.45. The van der Waals surface area contributed by atoms with E-state index in [0.29, 0.717) is 31.5 Å². The van der Waals surface area contributed by atoms with Crippen molar-refractivity contribution >= 4 is 11.9 Å². The minimum absolute atomic E-state index is 0.114. The molecule has 1 aliphatic heterocycles. The second kappa shape index (κ2) is 6.79. The molecule has 7 nitrogen and oxygen atoms in total. The Morgan fingerprint density at radius 3 is 2.30 bits per heavy atom. The number of aliphatic carboxylic acids is 1. The number of pyridine rings is 1. The molecular formula is C20H26N4O3. The summed E-state index contributed by atoms with van der Waals surface area (Å²) < 4.78 is 1.57. The monoisotopic (exact) mass is 370 g/mol. The molecule has 0 bridgehead atoms. The van der Waals surface area contributed by atoms with Crippen molar-refractivity contribution in [2.75, 3.05) is 13.1 Å². The molecule has 27 heavy (non-hydrogen) atoms. The minimum atomic E-state index is -1.12. The van der Waals surface area contributed by atoms with E-state index in [1.807, 2.05) is 33.8 Å². The van der Waals surface area contributed by atoms with Crippen LogP contribution >= 0.6 is 0 Å². The number of aryl methyl sites for hydroxylation is 1. The molecule has 3 heterocycles. The number of hydrogen-bond donors (Lipinski definition) is 1. The molecule has 0 spiro atoms. The average Bonchev–Trinajstić information content (AvgIpc) is 3.13. The van der Waals surface area contributed by atoms with Crippen molar-refractivity contribution in [1.29, 1.82) is 0 Å². The molecule has 2 aromatic heterocycles. The first kappa shape index (κ1) is 19.1. The van der Waals surface area contributed by atoms with Gasteiger partial charge in [0.05, 0.1) is 11.3 Å². The fraction of sp³-hybridized carbons (Fsp3) is 0.500. The maximum atomic E-state index is 12.7. The van der Waals surface area contributed by atoms with Crippen molar-refractivity contribution in [3.8, 4) is 0 Å². The number of likely N-dealkylation sites (tertiary alicyclic amines) is 1. The number of carbonyl (C=O) groups is 2. The molecule has 0 aromatic carbocycles. The lowest BCUT2D eigenvalue weighted by molar-refractivity contribution is -0.150. The maximum absolute atomic E-state index is 12.7. The second-order valence-electron chi connectivity index (χ2n) is 8.21. The van der Waals surface area contributed by atoms with Gasteiger partial charge >= 0.3 is 5.97 Å². The van der Waals surface area contributed by atoms with E-state index in [1.165, 1.54) is 0 Å². The molecule has 1 fully saturated rings. The van der Waals surface area contributed by atoms with Crippen LogP contribution in [0.2, 0.25) is 0 Å². The number of hydrogen-bond acceptors (Lipinski definition) is 4. The third-order valence-electron chi connectivity index (χ3n) is 5.23.